The number of imidazole rings is 2. The van der Waals surface area contributed by atoms with E-state index in [1.54, 1.807) is 17.7 Å². The molecule has 0 aliphatic carbocycles. The van der Waals surface area contributed by atoms with Crippen LogP contribution in [0.4, 0.5) is 0 Å². The third-order valence-corrected chi connectivity index (χ3v) is 5.01. The summed E-state index contributed by atoms with van der Waals surface area (Å²) < 4.78 is 11.8. The number of aryl methyl sites for hydroxylation is 1. The maximum atomic E-state index is 12.8. The van der Waals surface area contributed by atoms with E-state index in [0.717, 1.165) is 15.8 Å². The number of furan rings is 1. The fraction of sp³-hybridized carbons (Fsp3) is 0.150. The predicted octanol–water partition coefficient (Wildman–Crippen LogP) is 1.99. The highest BCUT2D eigenvalue weighted by molar-refractivity contribution is 5.77. The third kappa shape index (κ3) is 2.21. The van der Waals surface area contributed by atoms with Crippen LogP contribution in [0, 0.1) is 0 Å². The molecule has 0 radical (unpaired) electrons. The molecule has 0 amide bonds. The van der Waals surface area contributed by atoms with E-state index in [1.807, 2.05) is 53.2 Å². The molecule has 0 N–H and O–H groups in total. The average Bonchev–Trinajstić information content (AvgIpc) is 3.42. The minimum absolute atomic E-state index is 0.357. The van der Waals surface area contributed by atoms with Gasteiger partial charge in [0.15, 0.2) is 16.9 Å². The summed E-state index contributed by atoms with van der Waals surface area (Å²) in [4.78, 5) is 29.7. The highest BCUT2D eigenvalue weighted by atomic mass is 16.3. The Labute approximate surface area is 158 Å². The van der Waals surface area contributed by atoms with Gasteiger partial charge in [0.05, 0.1) is 12.8 Å². The minimum atomic E-state index is -0.404. The van der Waals surface area contributed by atoms with E-state index in [0.29, 0.717) is 29.2 Å². The highest BCUT2D eigenvalue weighted by Crippen LogP contribution is 2.26. The van der Waals surface area contributed by atoms with E-state index in [9.17, 15) is 9.59 Å². The van der Waals surface area contributed by atoms with Crippen LogP contribution in [0.15, 0.2) is 68.9 Å². The molecule has 5 rings (SSSR count). The Morgan fingerprint density at radius 2 is 1.79 bits per heavy atom. The Morgan fingerprint density at radius 3 is 2.50 bits per heavy atom. The van der Waals surface area contributed by atoms with Gasteiger partial charge in [0.2, 0.25) is 5.78 Å². The largest absolute Gasteiger partial charge is 0.463 e. The summed E-state index contributed by atoms with van der Waals surface area (Å²) >= 11 is 0. The molecule has 0 fully saturated rings. The second-order valence-corrected chi connectivity index (χ2v) is 6.72. The van der Waals surface area contributed by atoms with Crippen LogP contribution in [-0.2, 0) is 20.6 Å². The van der Waals surface area contributed by atoms with Gasteiger partial charge in [-0.1, -0.05) is 30.3 Å². The summed E-state index contributed by atoms with van der Waals surface area (Å²) in [6.07, 6.45) is 3.44. The van der Waals surface area contributed by atoms with Crippen molar-refractivity contribution in [3.8, 4) is 11.5 Å². The fourth-order valence-corrected chi connectivity index (χ4v) is 3.56. The maximum Gasteiger partial charge on any atom is 0.332 e. The molecule has 8 nitrogen and oxygen atoms in total. The van der Waals surface area contributed by atoms with Gasteiger partial charge in [0, 0.05) is 20.3 Å². The zero-order valence-corrected chi connectivity index (χ0v) is 15.4. The van der Waals surface area contributed by atoms with Gasteiger partial charge in [-0.25, -0.2) is 4.79 Å². The quantitative estimate of drug-likeness (QED) is 0.483. The maximum absolute atomic E-state index is 12.8. The standard InChI is InChI=1S/C20H17N5O3/c1-22-17-16(18(26)23(2)20(22)27)25-12-14(15-9-6-10-28-15)24(19(25)21-17)11-13-7-4-3-5-8-13/h3-10,12H,11H2,1-2H3. The van der Waals surface area contributed by atoms with Crippen molar-refractivity contribution < 1.29 is 4.42 Å². The van der Waals surface area contributed by atoms with E-state index in [1.165, 1.54) is 11.6 Å². The lowest BCUT2D eigenvalue weighted by atomic mass is 10.2. The first kappa shape index (κ1) is 16.4. The molecule has 8 heteroatoms. The summed E-state index contributed by atoms with van der Waals surface area (Å²) in [5, 5.41) is 0. The highest BCUT2D eigenvalue weighted by Gasteiger charge is 2.21. The van der Waals surface area contributed by atoms with Crippen molar-refractivity contribution in [3.05, 3.63) is 81.3 Å². The Morgan fingerprint density at radius 1 is 1.00 bits per heavy atom. The van der Waals surface area contributed by atoms with Gasteiger partial charge >= 0.3 is 5.69 Å². The molecule has 0 aliphatic rings. The summed E-state index contributed by atoms with van der Waals surface area (Å²) in [7, 11) is 3.09. The van der Waals surface area contributed by atoms with Crippen molar-refractivity contribution in [3.63, 3.8) is 0 Å². The van der Waals surface area contributed by atoms with Crippen molar-refractivity contribution in [2.45, 2.75) is 6.54 Å². The molecule has 4 heterocycles. The normalized spacial score (nSPS) is 11.6. The van der Waals surface area contributed by atoms with Gasteiger partial charge in [0.1, 0.15) is 5.69 Å². The average molecular weight is 375 g/mol. The van der Waals surface area contributed by atoms with Crippen molar-refractivity contribution in [1.29, 1.82) is 0 Å². The van der Waals surface area contributed by atoms with E-state index in [4.69, 9.17) is 4.42 Å². The molecule has 0 unspecified atom stereocenters. The fourth-order valence-electron chi connectivity index (χ4n) is 3.56. The number of aromatic nitrogens is 5. The van der Waals surface area contributed by atoms with Crippen LogP contribution in [0.25, 0.3) is 28.4 Å². The van der Waals surface area contributed by atoms with Gasteiger partial charge in [-0.2, -0.15) is 4.98 Å². The van der Waals surface area contributed by atoms with Crippen LogP contribution in [0.2, 0.25) is 0 Å². The molecule has 0 spiro atoms. The van der Waals surface area contributed by atoms with Crippen molar-refractivity contribution in [2.75, 3.05) is 0 Å². The molecular weight excluding hydrogens is 358 g/mol. The second kappa shape index (κ2) is 5.85. The lowest BCUT2D eigenvalue weighted by molar-refractivity contribution is 0.575. The topological polar surface area (TPSA) is 79.4 Å². The summed E-state index contributed by atoms with van der Waals surface area (Å²) in [6.45, 7) is 0.547. The first-order valence-electron chi connectivity index (χ1n) is 8.81. The summed E-state index contributed by atoms with van der Waals surface area (Å²) in [5.41, 5.74) is 1.82. The number of fused-ring (bicyclic) bond motifs is 3. The second-order valence-electron chi connectivity index (χ2n) is 6.72. The first-order chi connectivity index (χ1) is 13.6. The Balaban J connectivity index is 1.88. The van der Waals surface area contributed by atoms with Gasteiger partial charge in [-0.15, -0.1) is 0 Å². The zero-order chi connectivity index (χ0) is 19.4. The van der Waals surface area contributed by atoms with Gasteiger partial charge in [-0.3, -0.25) is 18.3 Å². The molecule has 1 aromatic carbocycles. The van der Waals surface area contributed by atoms with Crippen molar-refractivity contribution in [2.24, 2.45) is 14.1 Å². The van der Waals surface area contributed by atoms with Crippen LogP contribution in [0.5, 0.6) is 0 Å². The third-order valence-electron chi connectivity index (χ3n) is 5.01. The monoisotopic (exact) mass is 375 g/mol. The van der Waals surface area contributed by atoms with Crippen LogP contribution in [0.1, 0.15) is 5.56 Å². The molecule has 0 atom stereocenters. The van der Waals surface area contributed by atoms with E-state index in [2.05, 4.69) is 4.98 Å². The van der Waals surface area contributed by atoms with Crippen LogP contribution < -0.4 is 11.2 Å². The van der Waals surface area contributed by atoms with Crippen LogP contribution >= 0.6 is 0 Å². The van der Waals surface area contributed by atoms with E-state index in [-0.39, 0.29) is 5.56 Å². The predicted molar refractivity (Wildman–Crippen MR) is 104 cm³/mol. The molecule has 5 aromatic rings. The van der Waals surface area contributed by atoms with E-state index >= 15 is 0 Å². The summed E-state index contributed by atoms with van der Waals surface area (Å²) in [5.74, 6) is 1.25. The lowest BCUT2D eigenvalue weighted by Crippen LogP contribution is -2.37. The van der Waals surface area contributed by atoms with Gasteiger partial charge in [-0.05, 0) is 17.7 Å². The molecule has 140 valence electrons. The van der Waals surface area contributed by atoms with Gasteiger partial charge in [0.25, 0.3) is 5.56 Å². The van der Waals surface area contributed by atoms with Crippen LogP contribution in [0.3, 0.4) is 0 Å². The first-order valence-corrected chi connectivity index (χ1v) is 8.81. The molecule has 0 saturated heterocycles. The zero-order valence-electron chi connectivity index (χ0n) is 15.4. The van der Waals surface area contributed by atoms with Gasteiger partial charge < -0.3 is 8.98 Å². The number of benzene rings is 1. The molecule has 4 aromatic heterocycles. The van der Waals surface area contributed by atoms with Crippen molar-refractivity contribution >= 4 is 16.9 Å². The lowest BCUT2D eigenvalue weighted by Gasteiger charge is -2.07. The SMILES string of the molecule is Cn1c(=O)c2c(nc3n(Cc4ccccc4)c(-c4ccco4)cn23)n(C)c1=O. The number of hydrogen-bond acceptors (Lipinski definition) is 4. The van der Waals surface area contributed by atoms with E-state index < -0.39 is 5.69 Å². The van der Waals surface area contributed by atoms with Crippen molar-refractivity contribution in [1.82, 2.24) is 23.1 Å². The Hall–Kier alpha value is -3.81. The number of nitrogens with zero attached hydrogens (tertiary/aromatic N) is 5. The summed E-state index contributed by atoms with van der Waals surface area (Å²) in [6, 6.07) is 13.7. The molecule has 28 heavy (non-hydrogen) atoms. The minimum Gasteiger partial charge on any atom is -0.463 e. The molecule has 0 bridgehead atoms. The smallest absolute Gasteiger partial charge is 0.332 e. The number of rotatable bonds is 3. The van der Waals surface area contributed by atoms with Crippen LogP contribution in [-0.4, -0.2) is 23.1 Å². The molecular formula is C20H17N5O3. The Kier molecular flexibility index (Phi) is 3.42. The molecule has 0 saturated carbocycles. The number of hydrogen-bond donors (Lipinski definition) is 0. The Bertz CT molecular complexity index is 1430. The molecule has 0 aliphatic heterocycles.